The van der Waals surface area contributed by atoms with Gasteiger partial charge in [0.05, 0.1) is 20.3 Å². The number of aliphatic hydroxyl groups excluding tert-OH is 1. The lowest BCUT2D eigenvalue weighted by Crippen LogP contribution is -2.34. The van der Waals surface area contributed by atoms with E-state index in [0.29, 0.717) is 6.04 Å². The highest BCUT2D eigenvalue weighted by Gasteiger charge is 2.19. The number of methoxy groups -OCH3 is 2. The van der Waals surface area contributed by atoms with E-state index in [4.69, 9.17) is 9.47 Å². The third-order valence-corrected chi connectivity index (χ3v) is 3.77. The predicted molar refractivity (Wildman–Crippen MR) is 74.6 cm³/mol. The summed E-state index contributed by atoms with van der Waals surface area (Å²) in [5.74, 6) is 1.66. The van der Waals surface area contributed by atoms with Crippen LogP contribution in [0.25, 0.3) is 0 Å². The summed E-state index contributed by atoms with van der Waals surface area (Å²) in [7, 11) is 3.33. The number of ether oxygens (including phenoxy) is 2. The Kier molecular flexibility index (Phi) is 5.05. The third kappa shape index (κ3) is 3.85. The van der Waals surface area contributed by atoms with Gasteiger partial charge in [-0.1, -0.05) is 6.07 Å². The van der Waals surface area contributed by atoms with Crippen LogP contribution in [0.5, 0.6) is 11.5 Å². The fourth-order valence-corrected chi connectivity index (χ4v) is 2.53. The number of hydrogen-bond acceptors (Lipinski definition) is 4. The van der Waals surface area contributed by atoms with Crippen LogP contribution in [-0.2, 0) is 6.54 Å². The molecular formula is C15H23NO3. The summed E-state index contributed by atoms with van der Waals surface area (Å²) in [5.41, 5.74) is 1.13. The lowest BCUT2D eigenvalue weighted by Gasteiger charge is -2.26. The monoisotopic (exact) mass is 265 g/mol. The van der Waals surface area contributed by atoms with Crippen LogP contribution < -0.4 is 14.8 Å². The zero-order chi connectivity index (χ0) is 13.7. The summed E-state index contributed by atoms with van der Waals surface area (Å²) in [6.07, 6.45) is 3.78. The highest BCUT2D eigenvalue weighted by Crippen LogP contribution is 2.25. The van der Waals surface area contributed by atoms with Crippen LogP contribution >= 0.6 is 0 Å². The molecule has 0 aromatic heterocycles. The van der Waals surface area contributed by atoms with Gasteiger partial charge in [0.1, 0.15) is 11.5 Å². The molecule has 19 heavy (non-hydrogen) atoms. The van der Waals surface area contributed by atoms with E-state index in [1.165, 1.54) is 0 Å². The van der Waals surface area contributed by atoms with Gasteiger partial charge in [-0.25, -0.2) is 0 Å². The molecule has 0 amide bonds. The number of nitrogens with one attached hydrogen (secondary N) is 1. The van der Waals surface area contributed by atoms with E-state index in [0.717, 1.165) is 49.3 Å². The minimum atomic E-state index is -0.103. The van der Waals surface area contributed by atoms with Gasteiger partial charge < -0.3 is 19.9 Å². The van der Waals surface area contributed by atoms with Crippen LogP contribution in [0.15, 0.2) is 18.2 Å². The zero-order valence-electron chi connectivity index (χ0n) is 11.7. The van der Waals surface area contributed by atoms with E-state index in [9.17, 15) is 5.11 Å². The molecule has 0 aliphatic heterocycles. The quantitative estimate of drug-likeness (QED) is 0.856. The van der Waals surface area contributed by atoms with Gasteiger partial charge in [0.25, 0.3) is 0 Å². The maximum atomic E-state index is 9.49. The molecule has 2 N–H and O–H groups in total. The Morgan fingerprint density at radius 3 is 2.53 bits per heavy atom. The van der Waals surface area contributed by atoms with Crippen LogP contribution in [-0.4, -0.2) is 31.5 Å². The minimum absolute atomic E-state index is 0.103. The van der Waals surface area contributed by atoms with Crippen LogP contribution in [0, 0.1) is 0 Å². The first-order chi connectivity index (χ1) is 9.22. The first kappa shape index (κ1) is 14.2. The van der Waals surface area contributed by atoms with E-state index in [2.05, 4.69) is 5.32 Å². The Morgan fingerprint density at radius 2 is 1.89 bits per heavy atom. The topological polar surface area (TPSA) is 50.7 Å². The molecule has 4 heteroatoms. The first-order valence-electron chi connectivity index (χ1n) is 6.85. The molecule has 1 saturated carbocycles. The van der Waals surface area contributed by atoms with Crippen molar-refractivity contribution in [2.75, 3.05) is 14.2 Å². The Hall–Kier alpha value is -1.26. The molecule has 106 valence electrons. The minimum Gasteiger partial charge on any atom is -0.497 e. The molecular weight excluding hydrogens is 242 g/mol. The van der Waals surface area contributed by atoms with Crippen molar-refractivity contribution in [3.63, 3.8) is 0 Å². The standard InChI is InChI=1S/C15H23NO3/c1-18-14-8-3-11(15(9-14)19-2)10-16-12-4-6-13(17)7-5-12/h3,8-9,12-13,16-17H,4-7,10H2,1-2H3. The largest absolute Gasteiger partial charge is 0.497 e. The summed E-state index contributed by atoms with van der Waals surface area (Å²) in [6, 6.07) is 6.38. The Balaban J connectivity index is 1.91. The van der Waals surface area contributed by atoms with E-state index < -0.39 is 0 Å². The maximum absolute atomic E-state index is 9.49. The second kappa shape index (κ2) is 6.78. The van der Waals surface area contributed by atoms with Crippen molar-refractivity contribution in [2.24, 2.45) is 0 Å². The fourth-order valence-electron chi connectivity index (χ4n) is 2.53. The second-order valence-electron chi connectivity index (χ2n) is 5.06. The molecule has 0 heterocycles. The van der Waals surface area contributed by atoms with Crippen molar-refractivity contribution in [1.82, 2.24) is 5.32 Å². The molecule has 0 saturated heterocycles. The Morgan fingerprint density at radius 1 is 1.16 bits per heavy atom. The second-order valence-corrected chi connectivity index (χ2v) is 5.06. The number of aliphatic hydroxyl groups is 1. The normalized spacial score (nSPS) is 23.1. The molecule has 0 atom stereocenters. The predicted octanol–water partition coefficient (Wildman–Crippen LogP) is 2.10. The van der Waals surface area contributed by atoms with Gasteiger partial charge >= 0.3 is 0 Å². The van der Waals surface area contributed by atoms with Crippen molar-refractivity contribution in [3.05, 3.63) is 23.8 Å². The molecule has 1 aromatic rings. The van der Waals surface area contributed by atoms with Crippen LogP contribution in [0.3, 0.4) is 0 Å². The molecule has 1 fully saturated rings. The van der Waals surface area contributed by atoms with E-state index in [1.807, 2.05) is 18.2 Å². The van der Waals surface area contributed by atoms with Crippen molar-refractivity contribution in [2.45, 2.75) is 44.4 Å². The summed E-state index contributed by atoms with van der Waals surface area (Å²) in [6.45, 7) is 0.786. The smallest absolute Gasteiger partial charge is 0.127 e. The summed E-state index contributed by atoms with van der Waals surface area (Å²) in [5, 5.41) is 13.0. The number of benzene rings is 1. The summed E-state index contributed by atoms with van der Waals surface area (Å²) < 4.78 is 10.6. The van der Waals surface area contributed by atoms with Gasteiger partial charge in [-0.15, -0.1) is 0 Å². The van der Waals surface area contributed by atoms with Crippen LogP contribution in [0.4, 0.5) is 0 Å². The average molecular weight is 265 g/mol. The lowest BCUT2D eigenvalue weighted by atomic mass is 9.93. The Labute approximate surface area is 114 Å². The Bertz CT molecular complexity index is 400. The van der Waals surface area contributed by atoms with Crippen molar-refractivity contribution in [1.29, 1.82) is 0 Å². The molecule has 0 bridgehead atoms. The lowest BCUT2D eigenvalue weighted by molar-refractivity contribution is 0.116. The molecule has 2 rings (SSSR count). The summed E-state index contributed by atoms with van der Waals surface area (Å²) in [4.78, 5) is 0. The number of rotatable bonds is 5. The van der Waals surface area contributed by atoms with Crippen LogP contribution in [0.1, 0.15) is 31.2 Å². The van der Waals surface area contributed by atoms with E-state index in [1.54, 1.807) is 14.2 Å². The van der Waals surface area contributed by atoms with Gasteiger partial charge in [0.15, 0.2) is 0 Å². The van der Waals surface area contributed by atoms with Gasteiger partial charge in [0, 0.05) is 24.2 Å². The highest BCUT2D eigenvalue weighted by atomic mass is 16.5. The maximum Gasteiger partial charge on any atom is 0.127 e. The van der Waals surface area contributed by atoms with Gasteiger partial charge in [-0.05, 0) is 31.7 Å². The molecule has 4 nitrogen and oxygen atoms in total. The van der Waals surface area contributed by atoms with Crippen molar-refractivity contribution >= 4 is 0 Å². The van der Waals surface area contributed by atoms with Crippen LogP contribution in [0.2, 0.25) is 0 Å². The van der Waals surface area contributed by atoms with Gasteiger partial charge in [-0.3, -0.25) is 0 Å². The van der Waals surface area contributed by atoms with E-state index >= 15 is 0 Å². The van der Waals surface area contributed by atoms with Crippen molar-refractivity contribution in [3.8, 4) is 11.5 Å². The van der Waals surface area contributed by atoms with Crippen molar-refractivity contribution < 1.29 is 14.6 Å². The van der Waals surface area contributed by atoms with Gasteiger partial charge in [-0.2, -0.15) is 0 Å². The molecule has 1 aromatic carbocycles. The fraction of sp³-hybridized carbons (Fsp3) is 0.600. The highest BCUT2D eigenvalue weighted by molar-refractivity contribution is 5.40. The third-order valence-electron chi connectivity index (χ3n) is 3.77. The number of hydrogen-bond donors (Lipinski definition) is 2. The SMILES string of the molecule is COc1ccc(CNC2CCC(O)CC2)c(OC)c1. The zero-order valence-corrected chi connectivity index (χ0v) is 11.7. The molecule has 1 aliphatic rings. The molecule has 0 radical (unpaired) electrons. The molecule has 0 unspecified atom stereocenters. The molecule has 1 aliphatic carbocycles. The van der Waals surface area contributed by atoms with E-state index in [-0.39, 0.29) is 6.10 Å². The first-order valence-corrected chi connectivity index (χ1v) is 6.85. The summed E-state index contributed by atoms with van der Waals surface area (Å²) >= 11 is 0. The average Bonchev–Trinajstić information content (AvgIpc) is 2.46. The molecule has 0 spiro atoms. The van der Waals surface area contributed by atoms with Gasteiger partial charge in [0.2, 0.25) is 0 Å².